The Morgan fingerprint density at radius 1 is 1.31 bits per heavy atom. The Kier molecular flexibility index (Phi) is 1.62. The number of rotatable bonds is 0. The van der Waals surface area contributed by atoms with E-state index in [1.807, 2.05) is 20.8 Å². The Morgan fingerprint density at radius 3 is 2.15 bits per heavy atom. The predicted octanol–water partition coefficient (Wildman–Crippen LogP) is 1.95. The van der Waals surface area contributed by atoms with Gasteiger partial charge in [0.1, 0.15) is 5.78 Å². The molecule has 0 aromatic heterocycles. The number of hydrogen-bond acceptors (Lipinski definition) is 2. The molecule has 0 heterocycles. The molecule has 2 saturated carbocycles. The summed E-state index contributed by atoms with van der Waals surface area (Å²) in [4.78, 5) is 23.2. The molecule has 3 heteroatoms. The van der Waals surface area contributed by atoms with E-state index < -0.39 is 5.41 Å². The van der Waals surface area contributed by atoms with Crippen LogP contribution < -0.4 is 0 Å². The highest BCUT2D eigenvalue weighted by atomic mass is 79.9. The van der Waals surface area contributed by atoms with Crippen molar-refractivity contribution >= 4 is 27.5 Å². The highest BCUT2D eigenvalue weighted by Gasteiger charge is 2.70. The van der Waals surface area contributed by atoms with Crippen LogP contribution in [0.15, 0.2) is 0 Å². The summed E-state index contributed by atoms with van der Waals surface area (Å²) >= 11 is 3.36. The van der Waals surface area contributed by atoms with Crippen molar-refractivity contribution in [1.82, 2.24) is 0 Å². The van der Waals surface area contributed by atoms with Crippen LogP contribution in [-0.4, -0.2) is 16.4 Å². The Balaban J connectivity index is 2.60. The average molecular weight is 245 g/mol. The second kappa shape index (κ2) is 2.25. The molecular weight excluding hydrogens is 232 g/mol. The van der Waals surface area contributed by atoms with Crippen molar-refractivity contribution in [2.45, 2.75) is 32.0 Å². The first-order valence-corrected chi connectivity index (χ1v) is 5.46. The fourth-order valence-electron chi connectivity index (χ4n) is 2.76. The monoisotopic (exact) mass is 244 g/mol. The Labute approximate surface area is 86.2 Å². The predicted molar refractivity (Wildman–Crippen MR) is 52.7 cm³/mol. The number of fused-ring (bicyclic) bond motifs is 2. The summed E-state index contributed by atoms with van der Waals surface area (Å²) in [5.41, 5.74) is -0.649. The van der Waals surface area contributed by atoms with E-state index in [1.54, 1.807) is 0 Å². The van der Waals surface area contributed by atoms with Crippen LogP contribution in [0.25, 0.3) is 0 Å². The zero-order valence-electron chi connectivity index (χ0n) is 8.06. The van der Waals surface area contributed by atoms with Gasteiger partial charge in [-0.1, -0.05) is 36.7 Å². The summed E-state index contributed by atoms with van der Waals surface area (Å²) in [5, 5.41) is 0. The highest BCUT2D eigenvalue weighted by molar-refractivity contribution is 9.10. The third kappa shape index (κ3) is 0.756. The summed E-state index contributed by atoms with van der Waals surface area (Å²) in [6, 6.07) is 0. The van der Waals surface area contributed by atoms with Gasteiger partial charge in [0.2, 0.25) is 0 Å². The largest absolute Gasteiger partial charge is 0.299 e. The van der Waals surface area contributed by atoms with E-state index in [-0.39, 0.29) is 27.7 Å². The molecule has 2 bridgehead atoms. The van der Waals surface area contributed by atoms with E-state index >= 15 is 0 Å². The van der Waals surface area contributed by atoms with Crippen molar-refractivity contribution in [1.29, 1.82) is 0 Å². The minimum atomic E-state index is -0.477. The van der Waals surface area contributed by atoms with Crippen molar-refractivity contribution in [3.05, 3.63) is 0 Å². The van der Waals surface area contributed by atoms with E-state index in [2.05, 4.69) is 15.9 Å². The maximum atomic E-state index is 11.7. The first-order valence-electron chi connectivity index (χ1n) is 4.54. The zero-order chi connectivity index (χ0) is 10.0. The summed E-state index contributed by atoms with van der Waals surface area (Å²) in [7, 11) is 0. The van der Waals surface area contributed by atoms with Crippen molar-refractivity contribution in [3.63, 3.8) is 0 Å². The summed E-state index contributed by atoms with van der Waals surface area (Å²) < 4.78 is 0. The molecule has 0 saturated heterocycles. The SMILES string of the molecule is CC1(C)C2CC(=O)C1(C)C(Br)C2=O. The van der Waals surface area contributed by atoms with E-state index in [0.717, 1.165) is 0 Å². The fraction of sp³-hybridized carbons (Fsp3) is 0.800. The number of alkyl halides is 1. The third-order valence-corrected chi connectivity index (χ3v) is 5.65. The van der Waals surface area contributed by atoms with Gasteiger partial charge in [-0.2, -0.15) is 0 Å². The standard InChI is InChI=1S/C10H13BrO2/c1-9(2)5-4-6(12)10(9,3)8(11)7(5)13/h5,8H,4H2,1-3H3. The van der Waals surface area contributed by atoms with E-state index in [1.165, 1.54) is 0 Å². The molecule has 0 aromatic carbocycles. The molecule has 0 aliphatic heterocycles. The van der Waals surface area contributed by atoms with Crippen LogP contribution in [0.3, 0.4) is 0 Å². The number of carbonyl (C=O) groups excluding carboxylic acids is 2. The fourth-order valence-corrected chi connectivity index (χ4v) is 3.92. The van der Waals surface area contributed by atoms with Crippen molar-refractivity contribution in [2.24, 2.45) is 16.7 Å². The molecule has 3 atom stereocenters. The lowest BCUT2D eigenvalue weighted by molar-refractivity contribution is -0.132. The van der Waals surface area contributed by atoms with Gasteiger partial charge in [-0.05, 0) is 5.41 Å². The van der Waals surface area contributed by atoms with Gasteiger partial charge in [0.15, 0.2) is 5.78 Å². The normalized spacial score (nSPS) is 47.4. The molecule has 2 aliphatic carbocycles. The lowest BCUT2D eigenvalue weighted by Crippen LogP contribution is -2.40. The first-order chi connectivity index (χ1) is 5.83. The van der Waals surface area contributed by atoms with Crippen molar-refractivity contribution in [2.75, 3.05) is 0 Å². The molecule has 0 spiro atoms. The Bertz CT molecular complexity index is 306. The number of ketones is 2. The second-order valence-electron chi connectivity index (χ2n) is 4.87. The molecule has 2 aliphatic rings. The number of halogens is 1. The quantitative estimate of drug-likeness (QED) is 0.611. The van der Waals surface area contributed by atoms with Gasteiger partial charge >= 0.3 is 0 Å². The van der Waals surface area contributed by atoms with Gasteiger partial charge in [0.05, 0.1) is 10.2 Å². The minimum Gasteiger partial charge on any atom is -0.299 e. The molecule has 0 amide bonds. The Hall–Kier alpha value is -0.180. The molecule has 0 radical (unpaired) electrons. The van der Waals surface area contributed by atoms with Gasteiger partial charge < -0.3 is 0 Å². The second-order valence-corrected chi connectivity index (χ2v) is 5.78. The van der Waals surface area contributed by atoms with Gasteiger partial charge in [-0.3, -0.25) is 9.59 Å². The maximum Gasteiger partial charge on any atom is 0.151 e. The van der Waals surface area contributed by atoms with Crippen LogP contribution in [0, 0.1) is 16.7 Å². The van der Waals surface area contributed by atoms with E-state index in [9.17, 15) is 9.59 Å². The molecule has 13 heavy (non-hydrogen) atoms. The molecule has 2 nitrogen and oxygen atoms in total. The third-order valence-electron chi connectivity index (χ3n) is 4.28. The van der Waals surface area contributed by atoms with Crippen LogP contribution >= 0.6 is 15.9 Å². The number of carbonyl (C=O) groups is 2. The highest BCUT2D eigenvalue weighted by Crippen LogP contribution is 2.63. The molecular formula is C10H13BrO2. The summed E-state index contributed by atoms with van der Waals surface area (Å²) in [5.74, 6) is 0.394. The van der Waals surface area contributed by atoms with Crippen LogP contribution in [0.4, 0.5) is 0 Å². The average Bonchev–Trinajstić information content (AvgIpc) is 2.28. The molecule has 72 valence electrons. The van der Waals surface area contributed by atoms with E-state index in [4.69, 9.17) is 0 Å². The van der Waals surface area contributed by atoms with Gasteiger partial charge in [-0.25, -0.2) is 0 Å². The van der Waals surface area contributed by atoms with Crippen molar-refractivity contribution in [3.8, 4) is 0 Å². The zero-order valence-corrected chi connectivity index (χ0v) is 9.64. The number of hydrogen-bond donors (Lipinski definition) is 0. The molecule has 2 fully saturated rings. The molecule has 0 N–H and O–H groups in total. The molecule has 3 unspecified atom stereocenters. The molecule has 0 aromatic rings. The smallest absolute Gasteiger partial charge is 0.151 e. The van der Waals surface area contributed by atoms with Crippen LogP contribution in [0.1, 0.15) is 27.2 Å². The van der Waals surface area contributed by atoms with Crippen LogP contribution in [0.2, 0.25) is 0 Å². The lowest BCUT2D eigenvalue weighted by atomic mass is 9.70. The van der Waals surface area contributed by atoms with Gasteiger partial charge in [0.25, 0.3) is 0 Å². The van der Waals surface area contributed by atoms with E-state index in [0.29, 0.717) is 6.42 Å². The maximum absolute atomic E-state index is 11.7. The minimum absolute atomic E-state index is 0.0608. The first kappa shape index (κ1) is 9.38. The summed E-state index contributed by atoms with van der Waals surface area (Å²) in [6.45, 7) is 5.98. The van der Waals surface area contributed by atoms with Gasteiger partial charge in [-0.15, -0.1) is 0 Å². The van der Waals surface area contributed by atoms with Gasteiger partial charge in [0, 0.05) is 12.3 Å². The summed E-state index contributed by atoms with van der Waals surface area (Å²) in [6.07, 6.45) is 0.449. The number of Topliss-reactive ketones (excluding diaryl/α,β-unsaturated/α-hetero) is 2. The topological polar surface area (TPSA) is 34.1 Å². The molecule has 2 rings (SSSR count). The van der Waals surface area contributed by atoms with Crippen LogP contribution in [-0.2, 0) is 9.59 Å². The van der Waals surface area contributed by atoms with Crippen molar-refractivity contribution < 1.29 is 9.59 Å². The Morgan fingerprint density at radius 2 is 1.85 bits per heavy atom. The lowest BCUT2D eigenvalue weighted by Gasteiger charge is -2.33. The van der Waals surface area contributed by atoms with Crippen LogP contribution in [0.5, 0.6) is 0 Å².